The standard InChI is InChI=1S/C34H39N3O2/c1-22-31-20-28-13-14-29(19-30(28)34(22,2)16-18-37(31)21-24-3-4-24)33(39)36-17-15-23-5-7-25(8-6-23)26-9-11-27(12-10-26)32(35)38/h5-14,19,22,24,31H,3-4,15-18,20-21H2,1-2H3,(H2,35,38)(H,36,39)/t22?,31?,34-/m0/s1. The van der Waals surface area contributed by atoms with E-state index >= 15 is 0 Å². The maximum Gasteiger partial charge on any atom is 0.251 e. The summed E-state index contributed by atoms with van der Waals surface area (Å²) in [5.41, 5.74) is 12.9. The summed E-state index contributed by atoms with van der Waals surface area (Å²) >= 11 is 0. The molecule has 5 heteroatoms. The van der Waals surface area contributed by atoms with Crippen LogP contribution >= 0.6 is 0 Å². The topological polar surface area (TPSA) is 75.4 Å². The molecule has 1 heterocycles. The van der Waals surface area contributed by atoms with Crippen LogP contribution in [0.4, 0.5) is 0 Å². The maximum absolute atomic E-state index is 13.1. The number of nitrogens with one attached hydrogen (secondary N) is 1. The van der Waals surface area contributed by atoms with Crippen molar-refractivity contribution in [2.45, 2.75) is 57.4 Å². The van der Waals surface area contributed by atoms with Crippen molar-refractivity contribution < 1.29 is 9.59 Å². The summed E-state index contributed by atoms with van der Waals surface area (Å²) in [6, 6.07) is 22.7. The Balaban J connectivity index is 1.07. The summed E-state index contributed by atoms with van der Waals surface area (Å²) in [7, 11) is 0. The second kappa shape index (κ2) is 10.3. The third-order valence-electron chi connectivity index (χ3n) is 9.73. The zero-order valence-corrected chi connectivity index (χ0v) is 23.1. The average Bonchev–Trinajstić information content (AvgIpc) is 3.77. The van der Waals surface area contributed by atoms with Crippen LogP contribution < -0.4 is 11.1 Å². The molecule has 3 aromatic carbocycles. The molecular weight excluding hydrogens is 482 g/mol. The van der Waals surface area contributed by atoms with E-state index < -0.39 is 5.91 Å². The van der Waals surface area contributed by atoms with Gasteiger partial charge in [0.25, 0.3) is 5.91 Å². The van der Waals surface area contributed by atoms with E-state index in [4.69, 9.17) is 5.73 Å². The maximum atomic E-state index is 13.1. The highest BCUT2D eigenvalue weighted by atomic mass is 16.2. The lowest BCUT2D eigenvalue weighted by atomic mass is 9.59. The Labute approximate surface area is 231 Å². The molecule has 3 aromatic rings. The number of carbonyl (C=O) groups is 2. The molecule has 1 saturated heterocycles. The summed E-state index contributed by atoms with van der Waals surface area (Å²) in [6.07, 6.45) is 5.85. The van der Waals surface area contributed by atoms with Gasteiger partial charge in [-0.15, -0.1) is 0 Å². The van der Waals surface area contributed by atoms with E-state index in [2.05, 4.69) is 60.5 Å². The molecule has 2 fully saturated rings. The number of carbonyl (C=O) groups excluding carboxylic acids is 2. The van der Waals surface area contributed by atoms with Crippen LogP contribution in [0.25, 0.3) is 11.1 Å². The zero-order chi connectivity index (χ0) is 27.1. The van der Waals surface area contributed by atoms with E-state index in [0.29, 0.717) is 24.1 Å². The van der Waals surface area contributed by atoms with Gasteiger partial charge in [-0.25, -0.2) is 0 Å². The minimum Gasteiger partial charge on any atom is -0.366 e. The van der Waals surface area contributed by atoms with Crippen molar-refractivity contribution in [3.05, 3.63) is 94.5 Å². The second-order valence-corrected chi connectivity index (χ2v) is 12.2. The molecule has 202 valence electrons. The predicted molar refractivity (Wildman–Crippen MR) is 156 cm³/mol. The Bertz CT molecular complexity index is 1380. The van der Waals surface area contributed by atoms with Crippen molar-refractivity contribution in [3.63, 3.8) is 0 Å². The minimum atomic E-state index is -0.420. The third-order valence-corrected chi connectivity index (χ3v) is 9.73. The van der Waals surface area contributed by atoms with Gasteiger partial charge < -0.3 is 11.1 Å². The predicted octanol–water partition coefficient (Wildman–Crippen LogP) is 5.36. The van der Waals surface area contributed by atoms with Gasteiger partial charge in [-0.2, -0.15) is 0 Å². The number of hydrogen-bond acceptors (Lipinski definition) is 3. The van der Waals surface area contributed by atoms with Crippen molar-refractivity contribution in [2.75, 3.05) is 19.6 Å². The molecule has 0 radical (unpaired) electrons. The summed E-state index contributed by atoms with van der Waals surface area (Å²) in [5.74, 6) is 1.11. The normalized spacial score (nSPS) is 24.2. The largest absolute Gasteiger partial charge is 0.366 e. The monoisotopic (exact) mass is 521 g/mol. The number of hydrogen-bond donors (Lipinski definition) is 2. The van der Waals surface area contributed by atoms with Crippen LogP contribution in [-0.4, -0.2) is 42.4 Å². The van der Waals surface area contributed by atoms with Crippen LogP contribution in [0.15, 0.2) is 66.7 Å². The van der Waals surface area contributed by atoms with Gasteiger partial charge in [0, 0.05) is 30.3 Å². The Morgan fingerprint density at radius 2 is 1.64 bits per heavy atom. The first-order valence-electron chi connectivity index (χ1n) is 14.5. The van der Waals surface area contributed by atoms with Gasteiger partial charge in [0.2, 0.25) is 5.91 Å². The highest BCUT2D eigenvalue weighted by Crippen LogP contribution is 2.49. The SMILES string of the molecule is CC1C2Cc3ccc(C(=O)NCCc4ccc(-c5ccc(C(N)=O)cc5)cc4)cc3[C@@]1(C)CCN2CC1CC1. The number of likely N-dealkylation sites (tertiary alicyclic amines) is 1. The Morgan fingerprint density at radius 1 is 0.974 bits per heavy atom. The van der Waals surface area contributed by atoms with Crippen LogP contribution in [0.1, 0.15) is 70.5 Å². The molecule has 3 N–H and O–H groups in total. The van der Waals surface area contributed by atoms with Crippen LogP contribution in [0.5, 0.6) is 0 Å². The zero-order valence-electron chi connectivity index (χ0n) is 23.1. The molecule has 0 spiro atoms. The summed E-state index contributed by atoms with van der Waals surface area (Å²) in [5, 5.41) is 3.14. The molecule has 3 aliphatic rings. The van der Waals surface area contributed by atoms with Crippen molar-refractivity contribution >= 4 is 11.8 Å². The number of amides is 2. The molecule has 5 nitrogen and oxygen atoms in total. The molecule has 1 aliphatic heterocycles. The van der Waals surface area contributed by atoms with Crippen molar-refractivity contribution in [2.24, 2.45) is 17.6 Å². The number of piperidine rings is 1. The van der Waals surface area contributed by atoms with Crippen molar-refractivity contribution in [1.82, 2.24) is 10.2 Å². The van der Waals surface area contributed by atoms with Gasteiger partial charge in [-0.1, -0.05) is 56.3 Å². The second-order valence-electron chi connectivity index (χ2n) is 12.2. The van der Waals surface area contributed by atoms with E-state index in [1.54, 1.807) is 12.1 Å². The Kier molecular flexibility index (Phi) is 6.80. The van der Waals surface area contributed by atoms with Gasteiger partial charge in [0.1, 0.15) is 0 Å². The number of nitrogens with two attached hydrogens (primary N) is 1. The summed E-state index contributed by atoms with van der Waals surface area (Å²) < 4.78 is 0. The van der Waals surface area contributed by atoms with Gasteiger partial charge in [-0.3, -0.25) is 14.5 Å². The number of nitrogens with zero attached hydrogens (tertiary/aromatic N) is 1. The molecule has 2 unspecified atom stereocenters. The summed E-state index contributed by atoms with van der Waals surface area (Å²) in [4.78, 5) is 27.2. The van der Waals surface area contributed by atoms with E-state index in [0.717, 1.165) is 35.4 Å². The number of primary amides is 1. The van der Waals surface area contributed by atoms with Crippen molar-refractivity contribution in [3.8, 4) is 11.1 Å². The molecule has 2 bridgehead atoms. The molecular formula is C34H39N3O2. The van der Waals surface area contributed by atoms with Crippen LogP contribution in [0, 0.1) is 11.8 Å². The van der Waals surface area contributed by atoms with Crippen LogP contribution in [0.3, 0.4) is 0 Å². The number of benzene rings is 3. The van der Waals surface area contributed by atoms with Gasteiger partial charge >= 0.3 is 0 Å². The smallest absolute Gasteiger partial charge is 0.251 e. The highest BCUT2D eigenvalue weighted by Gasteiger charge is 2.49. The first-order valence-corrected chi connectivity index (χ1v) is 14.5. The van der Waals surface area contributed by atoms with Crippen molar-refractivity contribution in [1.29, 1.82) is 0 Å². The fourth-order valence-electron chi connectivity index (χ4n) is 6.82. The molecule has 3 atom stereocenters. The lowest BCUT2D eigenvalue weighted by molar-refractivity contribution is 0.0284. The number of rotatable bonds is 8. The fourth-order valence-corrected chi connectivity index (χ4v) is 6.82. The van der Waals surface area contributed by atoms with E-state index in [1.165, 1.54) is 49.0 Å². The minimum absolute atomic E-state index is 0.00788. The van der Waals surface area contributed by atoms with Gasteiger partial charge in [-0.05, 0) is 108 Å². The first kappa shape index (κ1) is 25.8. The first-order chi connectivity index (χ1) is 18.8. The lowest BCUT2D eigenvalue weighted by Gasteiger charge is -2.55. The lowest BCUT2D eigenvalue weighted by Crippen LogP contribution is -2.58. The molecule has 2 amide bonds. The molecule has 39 heavy (non-hydrogen) atoms. The van der Waals surface area contributed by atoms with Crippen LogP contribution in [-0.2, 0) is 18.3 Å². The highest BCUT2D eigenvalue weighted by molar-refractivity contribution is 5.94. The quantitative estimate of drug-likeness (QED) is 0.419. The van der Waals surface area contributed by atoms with E-state index in [-0.39, 0.29) is 11.3 Å². The van der Waals surface area contributed by atoms with Gasteiger partial charge in [0.15, 0.2) is 0 Å². The third kappa shape index (κ3) is 5.12. The molecule has 6 rings (SSSR count). The van der Waals surface area contributed by atoms with Crippen LogP contribution in [0.2, 0.25) is 0 Å². The number of fused-ring (bicyclic) bond motifs is 4. The fraction of sp³-hybridized carbons (Fsp3) is 0.412. The summed E-state index contributed by atoms with van der Waals surface area (Å²) in [6.45, 7) is 7.90. The molecule has 0 aromatic heterocycles. The molecule has 1 saturated carbocycles. The van der Waals surface area contributed by atoms with Gasteiger partial charge in [0.05, 0.1) is 0 Å². The van der Waals surface area contributed by atoms with E-state index in [9.17, 15) is 9.59 Å². The Morgan fingerprint density at radius 3 is 2.31 bits per heavy atom. The Hall–Kier alpha value is -3.44. The average molecular weight is 522 g/mol. The van der Waals surface area contributed by atoms with E-state index in [1.807, 2.05) is 18.2 Å². The molecule has 2 aliphatic carbocycles.